The van der Waals surface area contributed by atoms with E-state index in [1.807, 2.05) is 0 Å². The molecule has 7 aliphatic carbocycles. The Morgan fingerprint density at radius 2 is 1.29 bits per heavy atom. The van der Waals surface area contributed by atoms with Gasteiger partial charge < -0.3 is 10.2 Å². The van der Waals surface area contributed by atoms with E-state index in [2.05, 4.69) is 6.92 Å². The van der Waals surface area contributed by atoms with Gasteiger partial charge in [-0.25, -0.2) is 0 Å². The van der Waals surface area contributed by atoms with E-state index in [1.165, 1.54) is 0 Å². The van der Waals surface area contributed by atoms with Crippen molar-refractivity contribution in [3.05, 3.63) is 0 Å². The molecule has 2 N–H and O–H groups in total. The van der Waals surface area contributed by atoms with E-state index in [0.29, 0.717) is 17.3 Å². The minimum atomic E-state index is -0.333. The zero-order valence-electron chi connectivity index (χ0n) is 10.5. The fraction of sp³-hybridized carbons (Fsp3) is 1.00. The lowest BCUT2D eigenvalue weighted by Gasteiger charge is -2.76. The second-order valence-electron chi connectivity index (χ2n) is 8.36. The lowest BCUT2D eigenvalue weighted by molar-refractivity contribution is -0.322. The van der Waals surface area contributed by atoms with Crippen molar-refractivity contribution in [2.75, 3.05) is 0 Å². The van der Waals surface area contributed by atoms with Gasteiger partial charge in [0.05, 0.1) is 11.2 Å². The quantitative estimate of drug-likeness (QED) is 0.672. The van der Waals surface area contributed by atoms with Crippen molar-refractivity contribution < 1.29 is 10.2 Å². The van der Waals surface area contributed by atoms with Gasteiger partial charge in [-0.2, -0.15) is 0 Å². The largest absolute Gasteiger partial charge is 0.390 e. The standard InChI is InChI=1S/C15H22O2/c1-13-7-15(17)3-9-8-2-14(16,5-11(9)13)6-12(13)10(8)4-15/h8-12,16-17H,2-7H2,1H3. The summed E-state index contributed by atoms with van der Waals surface area (Å²) < 4.78 is 0. The van der Waals surface area contributed by atoms with Crippen molar-refractivity contribution >= 4 is 0 Å². The number of aliphatic hydroxyl groups is 2. The van der Waals surface area contributed by atoms with Crippen LogP contribution in [0.15, 0.2) is 0 Å². The van der Waals surface area contributed by atoms with E-state index in [4.69, 9.17) is 0 Å². The molecule has 0 saturated heterocycles. The van der Waals surface area contributed by atoms with Gasteiger partial charge in [-0.3, -0.25) is 0 Å². The SMILES string of the molecule is CC12CC3(O)CC4C5CC(O)(CC41)CC2C5C3. The van der Waals surface area contributed by atoms with Crippen molar-refractivity contribution in [1.29, 1.82) is 0 Å². The monoisotopic (exact) mass is 234 g/mol. The predicted octanol–water partition coefficient (Wildman–Crippen LogP) is 1.94. The van der Waals surface area contributed by atoms with Crippen LogP contribution in [0.1, 0.15) is 45.4 Å². The molecule has 17 heavy (non-hydrogen) atoms. The van der Waals surface area contributed by atoms with Crippen LogP contribution >= 0.6 is 0 Å². The van der Waals surface area contributed by atoms with Crippen LogP contribution in [0.3, 0.4) is 0 Å². The van der Waals surface area contributed by atoms with Gasteiger partial charge in [-0.05, 0) is 73.5 Å². The van der Waals surface area contributed by atoms with Gasteiger partial charge in [-0.1, -0.05) is 6.92 Å². The summed E-state index contributed by atoms with van der Waals surface area (Å²) in [6.45, 7) is 2.42. The van der Waals surface area contributed by atoms with Crippen LogP contribution in [-0.4, -0.2) is 21.4 Å². The molecule has 0 aromatic rings. The summed E-state index contributed by atoms with van der Waals surface area (Å²) in [5.41, 5.74) is -0.302. The Labute approximate surface area is 102 Å². The van der Waals surface area contributed by atoms with Gasteiger partial charge in [0.2, 0.25) is 0 Å². The Balaban J connectivity index is 1.72. The van der Waals surface area contributed by atoms with Crippen molar-refractivity contribution in [2.45, 2.75) is 56.7 Å². The second kappa shape index (κ2) is 2.34. The third-order valence-electron chi connectivity index (χ3n) is 7.58. The molecule has 0 amide bonds. The van der Waals surface area contributed by atoms with Crippen molar-refractivity contribution in [3.63, 3.8) is 0 Å². The number of rotatable bonds is 0. The molecule has 2 heteroatoms. The van der Waals surface area contributed by atoms with Gasteiger partial charge in [-0.15, -0.1) is 0 Å². The van der Waals surface area contributed by atoms with Crippen LogP contribution < -0.4 is 0 Å². The van der Waals surface area contributed by atoms with Crippen molar-refractivity contribution in [2.24, 2.45) is 35.0 Å². The summed E-state index contributed by atoms with van der Waals surface area (Å²) in [6.07, 6.45) is 6.20. The molecule has 0 heterocycles. The molecule has 94 valence electrons. The van der Waals surface area contributed by atoms with Gasteiger partial charge >= 0.3 is 0 Å². The fourth-order valence-electron chi connectivity index (χ4n) is 7.41. The second-order valence-corrected chi connectivity index (χ2v) is 8.36. The molecule has 4 atom stereocenters. The number of hydrogen-bond donors (Lipinski definition) is 2. The molecule has 2 nitrogen and oxygen atoms in total. The zero-order chi connectivity index (χ0) is 11.6. The third-order valence-corrected chi connectivity index (χ3v) is 7.58. The molecule has 0 aromatic carbocycles. The first kappa shape index (κ1) is 9.80. The highest BCUT2D eigenvalue weighted by Crippen LogP contribution is 2.77. The summed E-state index contributed by atoms with van der Waals surface area (Å²) in [4.78, 5) is 0. The maximum absolute atomic E-state index is 10.8. The summed E-state index contributed by atoms with van der Waals surface area (Å²) in [6, 6.07) is 0. The Bertz CT molecular complexity index is 391. The maximum atomic E-state index is 10.8. The average molecular weight is 234 g/mol. The van der Waals surface area contributed by atoms with Crippen molar-refractivity contribution in [1.82, 2.24) is 0 Å². The Morgan fingerprint density at radius 3 is 1.88 bits per heavy atom. The summed E-state index contributed by atoms with van der Waals surface area (Å²) in [7, 11) is 0. The molecule has 7 saturated carbocycles. The summed E-state index contributed by atoms with van der Waals surface area (Å²) >= 11 is 0. The van der Waals surface area contributed by atoms with Crippen LogP contribution in [0.4, 0.5) is 0 Å². The third kappa shape index (κ3) is 0.889. The first-order valence-corrected chi connectivity index (χ1v) is 7.37. The van der Waals surface area contributed by atoms with Gasteiger partial charge in [0.25, 0.3) is 0 Å². The van der Waals surface area contributed by atoms with Crippen LogP contribution in [0.2, 0.25) is 0 Å². The molecular weight excluding hydrogens is 212 g/mol. The van der Waals surface area contributed by atoms with E-state index in [-0.39, 0.29) is 11.2 Å². The molecule has 0 spiro atoms. The molecule has 8 bridgehead atoms. The molecule has 0 aliphatic heterocycles. The lowest BCUT2D eigenvalue weighted by atomic mass is 9.30. The Morgan fingerprint density at radius 1 is 0.765 bits per heavy atom. The van der Waals surface area contributed by atoms with E-state index < -0.39 is 0 Å². The molecule has 4 unspecified atom stereocenters. The Kier molecular flexibility index (Phi) is 1.35. The first-order valence-electron chi connectivity index (χ1n) is 7.37. The summed E-state index contributed by atoms with van der Waals surface area (Å²) in [5, 5.41) is 21.5. The predicted molar refractivity (Wildman–Crippen MR) is 63.2 cm³/mol. The molecule has 7 fully saturated rings. The van der Waals surface area contributed by atoms with Gasteiger partial charge in [0.1, 0.15) is 0 Å². The molecule has 7 rings (SSSR count). The van der Waals surface area contributed by atoms with E-state index in [0.717, 1.165) is 56.3 Å². The van der Waals surface area contributed by atoms with Crippen molar-refractivity contribution in [3.8, 4) is 0 Å². The topological polar surface area (TPSA) is 40.5 Å². The maximum Gasteiger partial charge on any atom is 0.0659 e. The molecule has 7 aliphatic rings. The smallest absolute Gasteiger partial charge is 0.0659 e. The van der Waals surface area contributed by atoms with Crippen LogP contribution in [0.5, 0.6) is 0 Å². The van der Waals surface area contributed by atoms with Gasteiger partial charge in [0.15, 0.2) is 0 Å². The lowest BCUT2D eigenvalue weighted by Crippen LogP contribution is -2.74. The average Bonchev–Trinajstić information content (AvgIpc) is 2.23. The minimum absolute atomic E-state index is 0.320. The molecule has 0 radical (unpaired) electrons. The first-order chi connectivity index (χ1) is 7.93. The Hall–Kier alpha value is -0.0800. The van der Waals surface area contributed by atoms with E-state index in [9.17, 15) is 10.2 Å². The normalized spacial score (nSPS) is 74.6. The van der Waals surface area contributed by atoms with Crippen LogP contribution in [0.25, 0.3) is 0 Å². The highest BCUT2D eigenvalue weighted by molar-refractivity contribution is 5.23. The zero-order valence-corrected chi connectivity index (χ0v) is 10.5. The van der Waals surface area contributed by atoms with Gasteiger partial charge in [0, 0.05) is 0 Å². The summed E-state index contributed by atoms with van der Waals surface area (Å²) in [5.74, 6) is 3.62. The van der Waals surface area contributed by atoms with Crippen LogP contribution in [0, 0.1) is 35.0 Å². The fourth-order valence-corrected chi connectivity index (χ4v) is 7.41. The minimum Gasteiger partial charge on any atom is -0.390 e. The molecule has 0 aromatic heterocycles. The van der Waals surface area contributed by atoms with E-state index >= 15 is 0 Å². The molecular formula is C15H22O2. The van der Waals surface area contributed by atoms with E-state index in [1.54, 1.807) is 0 Å². The highest BCUT2D eigenvalue weighted by Gasteiger charge is 2.74. The number of hydrogen-bond acceptors (Lipinski definition) is 2. The highest BCUT2D eigenvalue weighted by atomic mass is 16.3. The van der Waals surface area contributed by atoms with Crippen LogP contribution in [-0.2, 0) is 0 Å².